The number of nitrogens with one attached hydrogen (secondary N) is 2. The van der Waals surface area contributed by atoms with Crippen molar-refractivity contribution >= 4 is 34.7 Å². The number of benzene rings is 2. The highest BCUT2D eigenvalue weighted by molar-refractivity contribution is 8.00. The second-order valence-electron chi connectivity index (χ2n) is 9.42. The molecule has 3 aromatic rings. The molecule has 0 saturated heterocycles. The van der Waals surface area contributed by atoms with E-state index < -0.39 is 0 Å². The van der Waals surface area contributed by atoms with Crippen LogP contribution in [0.4, 0.5) is 5.69 Å². The fourth-order valence-electron chi connectivity index (χ4n) is 6.13. The van der Waals surface area contributed by atoms with E-state index in [4.69, 9.17) is 4.74 Å². The quantitative estimate of drug-likeness (QED) is 0.514. The summed E-state index contributed by atoms with van der Waals surface area (Å²) in [6.07, 6.45) is 3.87. The van der Waals surface area contributed by atoms with Crippen LogP contribution in [0.2, 0.25) is 0 Å². The predicted molar refractivity (Wildman–Crippen MR) is 132 cm³/mol. The highest BCUT2D eigenvalue weighted by Crippen LogP contribution is 2.64. The van der Waals surface area contributed by atoms with E-state index in [0.29, 0.717) is 17.1 Å². The van der Waals surface area contributed by atoms with Crippen molar-refractivity contribution in [2.75, 3.05) is 11.9 Å². The first-order valence-corrected chi connectivity index (χ1v) is 13.2. The van der Waals surface area contributed by atoms with Crippen molar-refractivity contribution in [2.24, 2.45) is 17.8 Å². The van der Waals surface area contributed by atoms with E-state index in [9.17, 15) is 9.59 Å². The molecular weight excluding hydrogens is 452 g/mol. The number of thiazole rings is 1. The lowest BCUT2D eigenvalue weighted by molar-refractivity contribution is -0.118. The summed E-state index contributed by atoms with van der Waals surface area (Å²) in [5.41, 5.74) is 2.96. The molecule has 2 fully saturated rings. The Labute approximate surface area is 201 Å². The summed E-state index contributed by atoms with van der Waals surface area (Å²) in [5, 5.41) is 4.50. The van der Waals surface area contributed by atoms with Gasteiger partial charge in [-0.1, -0.05) is 41.7 Å². The molecule has 2 N–H and O–H groups in total. The first kappa shape index (κ1) is 21.1. The summed E-state index contributed by atoms with van der Waals surface area (Å²) in [4.78, 5) is 29.1. The maximum atomic E-state index is 12.6. The standard InChI is InChI=1S/C26H26N2O3S2/c1-14-5-4-6-17(11-14)27-20(29)13-31-19-8-3-2-7-18(19)22-21-15-9-10-16(12-15)23(21)32-25-24(22)33-26(30)28-25/h2-8,11,15-16,21-23H,9-10,12-13H2,1H3,(H,27,29)(H,28,30)/t15?,16?,21?,22-,23?/m1/s1. The second-order valence-corrected chi connectivity index (χ2v) is 11.6. The Kier molecular flexibility index (Phi) is 5.34. The monoisotopic (exact) mass is 478 g/mol. The van der Waals surface area contributed by atoms with Crippen LogP contribution in [-0.2, 0) is 4.79 Å². The van der Waals surface area contributed by atoms with Gasteiger partial charge in [0.25, 0.3) is 5.91 Å². The Hall–Kier alpha value is -2.51. The second kappa shape index (κ2) is 8.37. The van der Waals surface area contributed by atoms with Gasteiger partial charge < -0.3 is 15.0 Å². The Morgan fingerprint density at radius 1 is 1.15 bits per heavy atom. The van der Waals surface area contributed by atoms with Crippen LogP contribution < -0.4 is 14.9 Å². The molecule has 1 aromatic heterocycles. The molecular formula is C26H26N2O3S2. The summed E-state index contributed by atoms with van der Waals surface area (Å²) >= 11 is 3.23. The number of hydrogen-bond acceptors (Lipinski definition) is 5. The van der Waals surface area contributed by atoms with Gasteiger partial charge in [-0.05, 0) is 67.7 Å². The van der Waals surface area contributed by atoms with Crippen LogP contribution in [0.15, 0.2) is 58.4 Å². The van der Waals surface area contributed by atoms with Gasteiger partial charge in [-0.2, -0.15) is 0 Å². The molecule has 33 heavy (non-hydrogen) atoms. The number of fused-ring (bicyclic) bond motifs is 6. The molecule has 170 valence electrons. The Balaban J connectivity index is 1.28. The highest BCUT2D eigenvalue weighted by atomic mass is 32.2. The molecule has 0 radical (unpaired) electrons. The molecule has 2 aliphatic carbocycles. The maximum Gasteiger partial charge on any atom is 0.305 e. The minimum absolute atomic E-state index is 0.0146. The van der Waals surface area contributed by atoms with Crippen molar-refractivity contribution in [2.45, 2.75) is 42.4 Å². The van der Waals surface area contributed by atoms with Crippen molar-refractivity contribution < 1.29 is 9.53 Å². The zero-order chi connectivity index (χ0) is 22.5. The lowest BCUT2D eigenvalue weighted by Gasteiger charge is -2.40. The van der Waals surface area contributed by atoms with Gasteiger partial charge in [-0.3, -0.25) is 9.59 Å². The smallest absolute Gasteiger partial charge is 0.305 e. The van der Waals surface area contributed by atoms with Crippen LogP contribution in [0.1, 0.15) is 41.2 Å². The third-order valence-electron chi connectivity index (χ3n) is 7.38. The number of aromatic amines is 1. The lowest BCUT2D eigenvalue weighted by Crippen LogP contribution is -2.34. The SMILES string of the molecule is Cc1cccc(NC(=O)COc2ccccc2[C@H]2c3sc(=O)[nH]c3SC3C4CCC(C4)C32)c1. The number of para-hydroxylation sites is 1. The molecule has 2 heterocycles. The number of hydrogen-bond donors (Lipinski definition) is 2. The number of carbonyl (C=O) groups excluding carboxylic acids is 1. The first-order valence-electron chi connectivity index (χ1n) is 11.5. The molecule has 3 aliphatic rings. The van der Waals surface area contributed by atoms with Gasteiger partial charge in [0.05, 0.1) is 5.03 Å². The molecule has 6 rings (SSSR count). The van der Waals surface area contributed by atoms with Gasteiger partial charge in [0.2, 0.25) is 0 Å². The van der Waals surface area contributed by atoms with Gasteiger partial charge in [0, 0.05) is 27.3 Å². The number of H-pyrrole nitrogens is 1. The molecule has 7 heteroatoms. The van der Waals surface area contributed by atoms with Crippen molar-refractivity contribution in [1.82, 2.24) is 4.98 Å². The molecule has 2 bridgehead atoms. The minimum atomic E-state index is -0.181. The van der Waals surface area contributed by atoms with Gasteiger partial charge in [-0.15, -0.1) is 11.8 Å². The summed E-state index contributed by atoms with van der Waals surface area (Å²) in [5.74, 6) is 2.64. The van der Waals surface area contributed by atoms with Crippen molar-refractivity contribution in [3.05, 3.63) is 74.2 Å². The zero-order valence-electron chi connectivity index (χ0n) is 18.4. The Bertz CT molecular complexity index is 1270. The summed E-state index contributed by atoms with van der Waals surface area (Å²) in [7, 11) is 0. The van der Waals surface area contributed by atoms with Crippen LogP contribution in [0, 0.1) is 24.7 Å². The summed E-state index contributed by atoms with van der Waals surface area (Å²) < 4.78 is 6.10. The van der Waals surface area contributed by atoms with E-state index in [2.05, 4.69) is 16.4 Å². The average molecular weight is 479 g/mol. The molecule has 5 atom stereocenters. The first-order chi connectivity index (χ1) is 16.1. The number of carbonyl (C=O) groups is 1. The van der Waals surface area contributed by atoms with Gasteiger partial charge in [0.1, 0.15) is 5.75 Å². The topological polar surface area (TPSA) is 71.2 Å². The Morgan fingerprint density at radius 2 is 2.00 bits per heavy atom. The van der Waals surface area contributed by atoms with Crippen LogP contribution in [0.3, 0.4) is 0 Å². The van der Waals surface area contributed by atoms with E-state index in [1.807, 2.05) is 61.2 Å². The van der Waals surface area contributed by atoms with Crippen LogP contribution in [0.5, 0.6) is 5.75 Å². The maximum absolute atomic E-state index is 12.6. The van der Waals surface area contributed by atoms with Crippen LogP contribution in [0.25, 0.3) is 0 Å². The summed E-state index contributed by atoms with van der Waals surface area (Å²) in [6, 6.07) is 15.8. The van der Waals surface area contributed by atoms with Gasteiger partial charge >= 0.3 is 4.87 Å². The Morgan fingerprint density at radius 3 is 2.88 bits per heavy atom. The van der Waals surface area contributed by atoms with E-state index in [1.54, 1.807) is 0 Å². The minimum Gasteiger partial charge on any atom is -0.483 e. The lowest BCUT2D eigenvalue weighted by atomic mass is 9.74. The number of thioether (sulfide) groups is 1. The number of rotatable bonds is 5. The van der Waals surface area contributed by atoms with Crippen LogP contribution in [-0.4, -0.2) is 22.7 Å². The van der Waals surface area contributed by atoms with Crippen molar-refractivity contribution in [3.8, 4) is 5.75 Å². The fourth-order valence-corrected chi connectivity index (χ4v) is 9.01. The molecule has 2 aromatic carbocycles. The van der Waals surface area contributed by atoms with E-state index in [1.165, 1.54) is 30.6 Å². The van der Waals surface area contributed by atoms with Crippen molar-refractivity contribution in [1.29, 1.82) is 0 Å². The van der Waals surface area contributed by atoms with Gasteiger partial charge in [0.15, 0.2) is 6.61 Å². The molecule has 0 spiro atoms. The fraction of sp³-hybridized carbons (Fsp3) is 0.385. The average Bonchev–Trinajstić information content (AvgIpc) is 3.50. The highest BCUT2D eigenvalue weighted by Gasteiger charge is 2.55. The van der Waals surface area contributed by atoms with E-state index in [0.717, 1.165) is 38.4 Å². The number of anilines is 1. The zero-order valence-corrected chi connectivity index (χ0v) is 20.0. The number of aromatic nitrogens is 1. The van der Waals surface area contributed by atoms with E-state index in [-0.39, 0.29) is 23.3 Å². The number of aryl methyl sites for hydroxylation is 1. The molecule has 1 aliphatic heterocycles. The molecule has 5 nitrogen and oxygen atoms in total. The molecule has 4 unspecified atom stereocenters. The molecule has 1 amide bonds. The van der Waals surface area contributed by atoms with E-state index >= 15 is 0 Å². The number of amides is 1. The third kappa shape index (κ3) is 3.81. The van der Waals surface area contributed by atoms with Crippen LogP contribution >= 0.6 is 23.1 Å². The third-order valence-corrected chi connectivity index (χ3v) is 10.0. The largest absolute Gasteiger partial charge is 0.483 e. The predicted octanol–water partition coefficient (Wildman–Crippen LogP) is 5.41. The normalized spacial score (nSPS) is 27.1. The van der Waals surface area contributed by atoms with Gasteiger partial charge in [-0.25, -0.2) is 0 Å². The summed E-state index contributed by atoms with van der Waals surface area (Å²) in [6.45, 7) is 1.94. The molecule has 2 saturated carbocycles. The number of ether oxygens (including phenoxy) is 1. The van der Waals surface area contributed by atoms with Crippen molar-refractivity contribution in [3.63, 3.8) is 0 Å².